The Balaban J connectivity index is 1.47. The number of amides is 1. The zero-order valence-electron chi connectivity index (χ0n) is 13.3. The number of aromatic nitrogens is 1. The third-order valence-electron chi connectivity index (χ3n) is 4.18. The van der Waals surface area contributed by atoms with Crippen LogP contribution in [0.1, 0.15) is 47.9 Å². The lowest BCUT2D eigenvalue weighted by atomic mass is 9.83. The van der Waals surface area contributed by atoms with Crippen LogP contribution in [0.15, 0.2) is 40.8 Å². The van der Waals surface area contributed by atoms with Gasteiger partial charge in [0, 0.05) is 11.1 Å². The summed E-state index contributed by atoms with van der Waals surface area (Å²) in [7, 11) is 0. The maximum atomic E-state index is 11.9. The molecule has 1 aromatic heterocycles. The van der Waals surface area contributed by atoms with Crippen LogP contribution < -0.4 is 5.43 Å². The zero-order chi connectivity index (χ0) is 16.1. The van der Waals surface area contributed by atoms with Gasteiger partial charge in [-0.2, -0.15) is 5.10 Å². The van der Waals surface area contributed by atoms with Gasteiger partial charge in [0.05, 0.1) is 17.1 Å². The summed E-state index contributed by atoms with van der Waals surface area (Å²) >= 11 is 1.56. The molecular weight excluding hydrogens is 306 g/mol. The van der Waals surface area contributed by atoms with Gasteiger partial charge in [-0.05, 0) is 44.1 Å². The second-order valence-electron chi connectivity index (χ2n) is 5.93. The highest BCUT2D eigenvalue weighted by Gasteiger charge is 2.19. The molecule has 1 saturated carbocycles. The second-order valence-corrected chi connectivity index (χ2v) is 6.99. The topological polar surface area (TPSA) is 54.4 Å². The van der Waals surface area contributed by atoms with Gasteiger partial charge < -0.3 is 0 Å². The Morgan fingerprint density at radius 2 is 2.04 bits per heavy atom. The molecular formula is C18H21N3OS. The molecule has 1 aliphatic rings. The van der Waals surface area contributed by atoms with E-state index in [1.807, 2.05) is 12.3 Å². The molecule has 120 valence electrons. The lowest BCUT2D eigenvalue weighted by molar-refractivity contribution is -0.120. The molecule has 0 atom stereocenters. The number of nitrogens with zero attached hydrogens (tertiary/aromatic N) is 2. The molecule has 1 N–H and O–H groups in total. The van der Waals surface area contributed by atoms with Crippen molar-refractivity contribution in [3.63, 3.8) is 0 Å². The number of carbonyl (C=O) groups is 1. The average Bonchev–Trinajstić information content (AvgIpc) is 2.99. The van der Waals surface area contributed by atoms with Crippen LogP contribution in [-0.4, -0.2) is 16.6 Å². The fourth-order valence-electron chi connectivity index (χ4n) is 2.96. The molecule has 1 heterocycles. The largest absolute Gasteiger partial charge is 0.273 e. The van der Waals surface area contributed by atoms with Crippen LogP contribution in [0.4, 0.5) is 0 Å². The third-order valence-corrected chi connectivity index (χ3v) is 5.00. The number of nitrogens with one attached hydrogen (secondary N) is 1. The number of thiazole rings is 1. The van der Waals surface area contributed by atoms with E-state index in [-0.39, 0.29) is 5.91 Å². The van der Waals surface area contributed by atoms with Crippen molar-refractivity contribution in [2.24, 2.45) is 5.10 Å². The molecule has 0 saturated heterocycles. The first-order valence-electron chi connectivity index (χ1n) is 8.01. The summed E-state index contributed by atoms with van der Waals surface area (Å²) in [5, 5.41) is 7.22. The number of hydrazone groups is 1. The molecule has 1 fully saturated rings. The van der Waals surface area contributed by atoms with Crippen LogP contribution >= 0.6 is 11.3 Å². The zero-order valence-corrected chi connectivity index (χ0v) is 14.1. The van der Waals surface area contributed by atoms with Crippen LogP contribution in [0.2, 0.25) is 0 Å². The van der Waals surface area contributed by atoms with Crippen LogP contribution in [-0.2, 0) is 11.2 Å². The van der Waals surface area contributed by atoms with E-state index in [9.17, 15) is 4.79 Å². The quantitative estimate of drug-likeness (QED) is 0.868. The molecule has 1 amide bonds. The van der Waals surface area contributed by atoms with Gasteiger partial charge in [-0.3, -0.25) is 4.79 Å². The summed E-state index contributed by atoms with van der Waals surface area (Å²) in [5.74, 6) is 0.525. The van der Waals surface area contributed by atoms with Gasteiger partial charge in [0.25, 0.3) is 0 Å². The van der Waals surface area contributed by atoms with Gasteiger partial charge in [-0.25, -0.2) is 10.4 Å². The summed E-state index contributed by atoms with van der Waals surface area (Å²) in [5.41, 5.74) is 6.00. The van der Waals surface area contributed by atoms with Crippen molar-refractivity contribution < 1.29 is 4.79 Å². The number of benzene rings is 1. The number of carbonyl (C=O) groups excluding carboxylic acids is 1. The summed E-state index contributed by atoms with van der Waals surface area (Å²) in [6, 6.07) is 10.6. The fourth-order valence-corrected chi connectivity index (χ4v) is 3.57. The van der Waals surface area contributed by atoms with Crippen molar-refractivity contribution in [3.05, 3.63) is 52.0 Å². The van der Waals surface area contributed by atoms with E-state index < -0.39 is 0 Å². The third kappa shape index (κ3) is 4.48. The molecule has 1 aliphatic carbocycles. The molecule has 3 rings (SSSR count). The van der Waals surface area contributed by atoms with Crippen LogP contribution in [0, 0.1) is 6.92 Å². The molecule has 0 bridgehead atoms. The Morgan fingerprint density at radius 3 is 2.70 bits per heavy atom. The average molecular weight is 327 g/mol. The maximum Gasteiger partial charge on any atom is 0.246 e. The predicted octanol–water partition coefficient (Wildman–Crippen LogP) is 3.82. The highest BCUT2D eigenvalue weighted by atomic mass is 32.1. The summed E-state index contributed by atoms with van der Waals surface area (Å²) in [6.07, 6.45) is 4.41. The first kappa shape index (κ1) is 15.9. The Kier molecular flexibility index (Phi) is 5.18. The van der Waals surface area contributed by atoms with Gasteiger partial charge >= 0.3 is 0 Å². The number of hydrogen-bond acceptors (Lipinski definition) is 4. The number of rotatable bonds is 4. The lowest BCUT2D eigenvalue weighted by Crippen LogP contribution is -2.23. The molecule has 2 aromatic rings. The van der Waals surface area contributed by atoms with Gasteiger partial charge in [0.15, 0.2) is 0 Å². The molecule has 0 unspecified atom stereocenters. The van der Waals surface area contributed by atoms with E-state index >= 15 is 0 Å². The summed E-state index contributed by atoms with van der Waals surface area (Å²) in [4.78, 5) is 16.2. The minimum atomic E-state index is -0.0898. The Morgan fingerprint density at radius 1 is 1.30 bits per heavy atom. The van der Waals surface area contributed by atoms with E-state index in [1.165, 1.54) is 5.56 Å². The maximum absolute atomic E-state index is 11.9. The first-order chi connectivity index (χ1) is 11.2. The van der Waals surface area contributed by atoms with E-state index in [0.717, 1.165) is 42.1 Å². The van der Waals surface area contributed by atoms with Crippen LogP contribution in [0.5, 0.6) is 0 Å². The highest BCUT2D eigenvalue weighted by Crippen LogP contribution is 2.31. The van der Waals surface area contributed by atoms with Gasteiger partial charge in [0.1, 0.15) is 0 Å². The smallest absolute Gasteiger partial charge is 0.246 e. The van der Waals surface area contributed by atoms with E-state index in [4.69, 9.17) is 0 Å². The molecule has 0 aliphatic heterocycles. The van der Waals surface area contributed by atoms with Crippen molar-refractivity contribution in [3.8, 4) is 0 Å². The van der Waals surface area contributed by atoms with Crippen molar-refractivity contribution in [2.75, 3.05) is 0 Å². The molecule has 0 radical (unpaired) electrons. The molecule has 0 spiro atoms. The van der Waals surface area contributed by atoms with Gasteiger partial charge in [-0.1, -0.05) is 30.3 Å². The monoisotopic (exact) mass is 327 g/mol. The van der Waals surface area contributed by atoms with Crippen molar-refractivity contribution in [2.45, 2.75) is 44.9 Å². The number of aryl methyl sites for hydroxylation is 1. The minimum absolute atomic E-state index is 0.0898. The fraction of sp³-hybridized carbons (Fsp3) is 0.389. The van der Waals surface area contributed by atoms with Gasteiger partial charge in [-0.15, -0.1) is 11.3 Å². The SMILES string of the molecule is Cc1nc(CC(=O)NN=C2CCC(c3ccccc3)CC2)cs1. The highest BCUT2D eigenvalue weighted by molar-refractivity contribution is 7.09. The van der Waals surface area contributed by atoms with Crippen molar-refractivity contribution in [1.82, 2.24) is 10.4 Å². The summed E-state index contributed by atoms with van der Waals surface area (Å²) in [6.45, 7) is 1.94. The standard InChI is InChI=1S/C18H21N3OS/c1-13-19-17(12-23-13)11-18(22)21-20-16-9-7-15(8-10-16)14-5-3-2-4-6-14/h2-6,12,15H,7-11H2,1H3,(H,21,22). The minimum Gasteiger partial charge on any atom is -0.273 e. The van der Waals surface area contributed by atoms with Crippen molar-refractivity contribution in [1.29, 1.82) is 0 Å². The number of hydrogen-bond donors (Lipinski definition) is 1. The van der Waals surface area contributed by atoms with E-state index in [2.05, 4.69) is 45.8 Å². The van der Waals surface area contributed by atoms with E-state index in [1.54, 1.807) is 11.3 Å². The molecule has 1 aromatic carbocycles. The second kappa shape index (κ2) is 7.51. The van der Waals surface area contributed by atoms with E-state index in [0.29, 0.717) is 12.3 Å². The van der Waals surface area contributed by atoms with Gasteiger partial charge in [0.2, 0.25) is 5.91 Å². The van der Waals surface area contributed by atoms with Crippen LogP contribution in [0.25, 0.3) is 0 Å². The normalized spacial score (nSPS) is 17.8. The predicted molar refractivity (Wildman–Crippen MR) is 93.8 cm³/mol. The first-order valence-corrected chi connectivity index (χ1v) is 8.89. The van der Waals surface area contributed by atoms with Crippen molar-refractivity contribution >= 4 is 23.0 Å². The molecule has 5 heteroatoms. The lowest BCUT2D eigenvalue weighted by Gasteiger charge is -2.23. The Hall–Kier alpha value is -2.01. The van der Waals surface area contributed by atoms with Crippen LogP contribution in [0.3, 0.4) is 0 Å². The molecule has 23 heavy (non-hydrogen) atoms. The molecule has 4 nitrogen and oxygen atoms in total. The Bertz CT molecular complexity index is 683. The summed E-state index contributed by atoms with van der Waals surface area (Å²) < 4.78 is 0. The Labute approximate surface area is 140 Å².